The van der Waals surface area contributed by atoms with Crippen LogP contribution in [0.2, 0.25) is 5.02 Å². The molecule has 0 amide bonds. The molecule has 0 saturated carbocycles. The smallest absolute Gasteiger partial charge is 0.129 e. The molecule has 0 aliphatic carbocycles. The fourth-order valence-corrected chi connectivity index (χ4v) is 2.54. The van der Waals surface area contributed by atoms with E-state index >= 15 is 0 Å². The lowest BCUT2D eigenvalue weighted by Gasteiger charge is -2.25. The minimum Gasteiger partial charge on any atom is -0.378 e. The Kier molecular flexibility index (Phi) is 3.99. The molecule has 3 atom stereocenters. The second kappa shape index (κ2) is 5.31. The van der Waals surface area contributed by atoms with Crippen LogP contribution in [0.15, 0.2) is 18.2 Å². The topological polar surface area (TPSA) is 47.3 Å². The van der Waals surface area contributed by atoms with Gasteiger partial charge >= 0.3 is 0 Å². The summed E-state index contributed by atoms with van der Waals surface area (Å²) in [7, 11) is 0. The molecule has 3 N–H and O–H groups in total. The molecule has 1 aromatic rings. The summed E-state index contributed by atoms with van der Waals surface area (Å²) in [6.07, 6.45) is 0.948. The first kappa shape index (κ1) is 12.8. The Balaban J connectivity index is 2.28. The summed E-state index contributed by atoms with van der Waals surface area (Å²) in [5, 5.41) is 0.387. The number of nitrogens with two attached hydrogens (primary N) is 1. The average Bonchev–Trinajstić information content (AvgIpc) is 2.69. The first-order valence-corrected chi connectivity index (χ1v) is 6.04. The first-order valence-electron chi connectivity index (χ1n) is 5.66. The van der Waals surface area contributed by atoms with Crippen LogP contribution in [0, 0.1) is 11.7 Å². The van der Waals surface area contributed by atoms with Crippen LogP contribution in [-0.2, 0) is 4.74 Å². The zero-order valence-electron chi connectivity index (χ0n) is 9.62. The Hall–Kier alpha value is -0.680. The first-order chi connectivity index (χ1) is 8.13. The predicted molar refractivity (Wildman–Crippen MR) is 65.0 cm³/mol. The number of hydrazine groups is 1. The molecular weight excluding hydrogens is 243 g/mol. The van der Waals surface area contributed by atoms with Gasteiger partial charge < -0.3 is 4.74 Å². The maximum atomic E-state index is 13.8. The van der Waals surface area contributed by atoms with Gasteiger partial charge in [0, 0.05) is 23.1 Å². The normalized spacial score (nSPS) is 26.1. The molecule has 5 heteroatoms. The Morgan fingerprint density at radius 3 is 2.88 bits per heavy atom. The van der Waals surface area contributed by atoms with Gasteiger partial charge in [0.25, 0.3) is 0 Å². The van der Waals surface area contributed by atoms with Crippen molar-refractivity contribution in [3.8, 4) is 0 Å². The maximum Gasteiger partial charge on any atom is 0.129 e. The van der Waals surface area contributed by atoms with Crippen LogP contribution in [0.5, 0.6) is 0 Å². The summed E-state index contributed by atoms with van der Waals surface area (Å²) in [4.78, 5) is 0. The van der Waals surface area contributed by atoms with Crippen LogP contribution in [0.1, 0.15) is 24.9 Å². The fraction of sp³-hybridized carbons (Fsp3) is 0.500. The number of rotatable bonds is 3. The quantitative estimate of drug-likeness (QED) is 0.647. The molecule has 0 bridgehead atoms. The third-order valence-corrected chi connectivity index (χ3v) is 3.58. The van der Waals surface area contributed by atoms with Crippen molar-refractivity contribution in [1.82, 2.24) is 5.43 Å². The summed E-state index contributed by atoms with van der Waals surface area (Å²) in [6.45, 7) is 2.68. The van der Waals surface area contributed by atoms with Gasteiger partial charge in [-0.15, -0.1) is 0 Å². The van der Waals surface area contributed by atoms with E-state index in [1.807, 2.05) is 6.92 Å². The summed E-state index contributed by atoms with van der Waals surface area (Å²) in [5.74, 6) is 5.39. The standard InChI is InChI=1S/C12H16ClFN2O/c1-7-9(4-5-17-7)12(16-15)10-3-2-8(13)6-11(10)14/h2-3,6-7,9,12,16H,4-5,15H2,1H3. The summed E-state index contributed by atoms with van der Waals surface area (Å²) in [5.41, 5.74) is 3.23. The molecule has 3 unspecified atom stereocenters. The van der Waals surface area contributed by atoms with Crippen LogP contribution in [0.4, 0.5) is 4.39 Å². The molecule has 2 rings (SSSR count). The minimum atomic E-state index is -0.334. The zero-order chi connectivity index (χ0) is 12.4. The number of hydrogen-bond acceptors (Lipinski definition) is 3. The second-order valence-electron chi connectivity index (χ2n) is 4.34. The highest BCUT2D eigenvalue weighted by Gasteiger charge is 2.33. The van der Waals surface area contributed by atoms with Gasteiger partial charge in [0.15, 0.2) is 0 Å². The van der Waals surface area contributed by atoms with E-state index in [1.165, 1.54) is 6.07 Å². The molecule has 94 valence electrons. The third kappa shape index (κ3) is 2.60. The van der Waals surface area contributed by atoms with Crippen LogP contribution in [-0.4, -0.2) is 12.7 Å². The second-order valence-corrected chi connectivity index (χ2v) is 4.78. The van der Waals surface area contributed by atoms with Crippen molar-refractivity contribution < 1.29 is 9.13 Å². The summed E-state index contributed by atoms with van der Waals surface area (Å²) < 4.78 is 19.3. The SMILES string of the molecule is CC1OCCC1C(NN)c1ccc(Cl)cc1F. The minimum absolute atomic E-state index is 0.0751. The molecule has 1 saturated heterocycles. The number of ether oxygens (including phenoxy) is 1. The van der Waals surface area contributed by atoms with Crippen LogP contribution in [0.3, 0.4) is 0 Å². The Labute approximate surface area is 105 Å². The molecule has 17 heavy (non-hydrogen) atoms. The molecule has 1 aliphatic rings. The Bertz CT molecular complexity index is 402. The highest BCUT2D eigenvalue weighted by Crippen LogP contribution is 2.34. The summed E-state index contributed by atoms with van der Waals surface area (Å²) >= 11 is 5.74. The van der Waals surface area contributed by atoms with E-state index in [1.54, 1.807) is 12.1 Å². The predicted octanol–water partition coefficient (Wildman–Crippen LogP) is 2.41. The van der Waals surface area contributed by atoms with Crippen molar-refractivity contribution in [1.29, 1.82) is 0 Å². The molecule has 1 heterocycles. The zero-order valence-corrected chi connectivity index (χ0v) is 10.4. The van der Waals surface area contributed by atoms with E-state index in [-0.39, 0.29) is 23.9 Å². The van der Waals surface area contributed by atoms with Gasteiger partial charge in [-0.2, -0.15) is 0 Å². The van der Waals surface area contributed by atoms with E-state index in [2.05, 4.69) is 5.43 Å². The van der Waals surface area contributed by atoms with Crippen molar-refractivity contribution in [2.45, 2.75) is 25.5 Å². The van der Waals surface area contributed by atoms with Gasteiger partial charge in [0.05, 0.1) is 12.1 Å². The lowest BCUT2D eigenvalue weighted by molar-refractivity contribution is 0.0949. The average molecular weight is 259 g/mol. The molecule has 3 nitrogen and oxygen atoms in total. The highest BCUT2D eigenvalue weighted by atomic mass is 35.5. The lowest BCUT2D eigenvalue weighted by atomic mass is 9.88. The van der Waals surface area contributed by atoms with Gasteiger partial charge in [-0.3, -0.25) is 11.3 Å². The Morgan fingerprint density at radius 1 is 1.59 bits per heavy atom. The monoisotopic (exact) mass is 258 g/mol. The Morgan fingerprint density at radius 2 is 2.35 bits per heavy atom. The highest BCUT2D eigenvalue weighted by molar-refractivity contribution is 6.30. The third-order valence-electron chi connectivity index (χ3n) is 3.34. The number of benzene rings is 1. The van der Waals surface area contributed by atoms with Crippen LogP contribution >= 0.6 is 11.6 Å². The van der Waals surface area contributed by atoms with Gasteiger partial charge in [-0.1, -0.05) is 17.7 Å². The van der Waals surface area contributed by atoms with Gasteiger partial charge in [-0.25, -0.2) is 4.39 Å². The largest absolute Gasteiger partial charge is 0.378 e. The van der Waals surface area contributed by atoms with Gasteiger partial charge in [0.2, 0.25) is 0 Å². The van der Waals surface area contributed by atoms with Gasteiger partial charge in [-0.05, 0) is 25.5 Å². The van der Waals surface area contributed by atoms with E-state index in [0.29, 0.717) is 17.2 Å². The van der Waals surface area contributed by atoms with Crippen LogP contribution < -0.4 is 11.3 Å². The fourth-order valence-electron chi connectivity index (χ4n) is 2.38. The molecule has 1 aromatic carbocycles. The van der Waals surface area contributed by atoms with Crippen molar-refractivity contribution in [3.63, 3.8) is 0 Å². The molecule has 1 fully saturated rings. The van der Waals surface area contributed by atoms with E-state index in [4.69, 9.17) is 22.2 Å². The van der Waals surface area contributed by atoms with Crippen molar-refractivity contribution in [2.75, 3.05) is 6.61 Å². The number of nitrogens with one attached hydrogen (secondary N) is 1. The van der Waals surface area contributed by atoms with E-state index in [9.17, 15) is 4.39 Å². The van der Waals surface area contributed by atoms with E-state index in [0.717, 1.165) is 6.42 Å². The van der Waals surface area contributed by atoms with Crippen molar-refractivity contribution in [3.05, 3.63) is 34.6 Å². The molecule has 1 aliphatic heterocycles. The molecular formula is C12H16ClFN2O. The van der Waals surface area contributed by atoms with Crippen molar-refractivity contribution in [2.24, 2.45) is 11.8 Å². The van der Waals surface area contributed by atoms with E-state index < -0.39 is 0 Å². The van der Waals surface area contributed by atoms with Gasteiger partial charge in [0.1, 0.15) is 5.82 Å². The lowest BCUT2D eigenvalue weighted by Crippen LogP contribution is -2.36. The molecule has 0 spiro atoms. The molecule has 0 aromatic heterocycles. The van der Waals surface area contributed by atoms with Crippen molar-refractivity contribution >= 4 is 11.6 Å². The maximum absolute atomic E-state index is 13.8. The number of halogens is 2. The summed E-state index contributed by atoms with van der Waals surface area (Å²) in [6, 6.07) is 4.41. The van der Waals surface area contributed by atoms with Crippen LogP contribution in [0.25, 0.3) is 0 Å². The molecule has 0 radical (unpaired) electrons. The number of hydrogen-bond donors (Lipinski definition) is 2.